The van der Waals surface area contributed by atoms with Gasteiger partial charge < -0.3 is 14.6 Å². The number of hydrogen-bond acceptors (Lipinski definition) is 3. The maximum atomic E-state index is 10.3. The van der Waals surface area contributed by atoms with Gasteiger partial charge in [0.25, 0.3) is 0 Å². The lowest BCUT2D eigenvalue weighted by atomic mass is 10.2. The summed E-state index contributed by atoms with van der Waals surface area (Å²) in [5, 5.41) is 8.93. The van der Waals surface area contributed by atoms with Crippen molar-refractivity contribution in [2.45, 2.75) is 0 Å². The molecule has 18 heavy (non-hydrogen) atoms. The molecule has 0 aromatic heterocycles. The molecule has 4 nitrogen and oxygen atoms in total. The highest BCUT2D eigenvalue weighted by molar-refractivity contribution is 6.32. The van der Waals surface area contributed by atoms with Crippen molar-refractivity contribution in [1.29, 1.82) is 0 Å². The van der Waals surface area contributed by atoms with Crippen LogP contribution < -0.4 is 9.47 Å². The van der Waals surface area contributed by atoms with E-state index in [1.54, 1.807) is 24.3 Å². The van der Waals surface area contributed by atoms with Crippen LogP contribution in [-0.2, 0) is 4.79 Å². The lowest BCUT2D eigenvalue weighted by molar-refractivity contribution is -0.131. The van der Waals surface area contributed by atoms with Gasteiger partial charge in [-0.1, -0.05) is 29.8 Å². The quantitative estimate of drug-likeness (QED) is 0.659. The van der Waals surface area contributed by atoms with E-state index in [4.69, 9.17) is 26.2 Å². The first-order chi connectivity index (χ1) is 8.58. The molecule has 1 aromatic carbocycles. The molecule has 0 aliphatic rings. The fraction of sp³-hybridized carbons (Fsp3) is 0.154. The largest absolute Gasteiger partial charge is 0.493 e. The first-order valence-electron chi connectivity index (χ1n) is 5.07. The predicted octanol–water partition coefficient (Wildman–Crippen LogP) is 3.01. The predicted molar refractivity (Wildman–Crippen MR) is 70.4 cm³/mol. The molecule has 0 saturated heterocycles. The smallest absolute Gasteiger partial charge is 0.328 e. The number of hydrogen-bond donors (Lipinski definition) is 1. The van der Waals surface area contributed by atoms with Crippen LogP contribution in [0.15, 0.2) is 30.4 Å². The molecule has 0 atom stereocenters. The molecule has 0 saturated carbocycles. The van der Waals surface area contributed by atoms with Crippen LogP contribution in [0, 0.1) is 0 Å². The first kappa shape index (κ1) is 14.1. The molecule has 0 bridgehead atoms. The molecule has 0 heterocycles. The topological polar surface area (TPSA) is 55.8 Å². The molecule has 5 heteroatoms. The number of carbonyl (C=O) groups is 1. The van der Waals surface area contributed by atoms with Gasteiger partial charge in [-0.05, 0) is 11.6 Å². The molecule has 0 fully saturated rings. The molecular weight excluding hydrogens is 256 g/mol. The van der Waals surface area contributed by atoms with Crippen LogP contribution in [0.5, 0.6) is 11.5 Å². The van der Waals surface area contributed by atoms with Crippen LogP contribution in [0.2, 0.25) is 5.02 Å². The van der Waals surface area contributed by atoms with Gasteiger partial charge in [-0.3, -0.25) is 0 Å². The van der Waals surface area contributed by atoms with Gasteiger partial charge in [0, 0.05) is 12.1 Å². The average Bonchev–Trinajstić information content (AvgIpc) is 2.35. The van der Waals surface area contributed by atoms with E-state index >= 15 is 0 Å². The van der Waals surface area contributed by atoms with Crippen molar-refractivity contribution < 1.29 is 19.4 Å². The lowest BCUT2D eigenvalue weighted by Crippen LogP contribution is -1.91. The summed E-state index contributed by atoms with van der Waals surface area (Å²) in [7, 11) is 3.06. The maximum Gasteiger partial charge on any atom is 0.328 e. The summed E-state index contributed by atoms with van der Waals surface area (Å²) in [6, 6.07) is 3.35. The second-order valence-corrected chi connectivity index (χ2v) is 3.69. The Morgan fingerprint density at radius 1 is 1.22 bits per heavy atom. The number of aliphatic carboxylic acids is 1. The Balaban J connectivity index is 2.99. The second-order valence-electron chi connectivity index (χ2n) is 3.29. The van der Waals surface area contributed by atoms with Gasteiger partial charge in [0.1, 0.15) is 0 Å². The zero-order valence-electron chi connectivity index (χ0n) is 10.0. The highest BCUT2D eigenvalue weighted by Gasteiger charge is 2.07. The number of allylic oxidation sites excluding steroid dienone is 2. The number of rotatable bonds is 5. The molecule has 0 aliphatic carbocycles. The standard InChI is InChI=1S/C13H13ClO4/c1-17-11-7-9(5-3-4-6-13(15)16)10(14)8-12(11)18-2/h3-8H,1-2H3,(H,15,16). The highest BCUT2D eigenvalue weighted by atomic mass is 35.5. The minimum Gasteiger partial charge on any atom is -0.493 e. The molecular formula is C13H13ClO4. The summed E-state index contributed by atoms with van der Waals surface area (Å²) >= 11 is 6.05. The number of halogens is 1. The van der Waals surface area contributed by atoms with E-state index < -0.39 is 5.97 Å². The number of ether oxygens (including phenoxy) is 2. The van der Waals surface area contributed by atoms with Crippen LogP contribution in [0.25, 0.3) is 6.08 Å². The van der Waals surface area contributed by atoms with Gasteiger partial charge in [-0.15, -0.1) is 0 Å². The molecule has 1 rings (SSSR count). The van der Waals surface area contributed by atoms with E-state index in [0.717, 1.165) is 6.08 Å². The van der Waals surface area contributed by atoms with Crippen molar-refractivity contribution in [2.24, 2.45) is 0 Å². The van der Waals surface area contributed by atoms with Crippen LogP contribution >= 0.6 is 11.6 Å². The Morgan fingerprint density at radius 3 is 2.39 bits per heavy atom. The van der Waals surface area contributed by atoms with Crippen molar-refractivity contribution >= 4 is 23.6 Å². The molecule has 1 aromatic rings. The van der Waals surface area contributed by atoms with Gasteiger partial charge in [-0.2, -0.15) is 0 Å². The Kier molecular flexibility index (Phi) is 5.27. The normalized spacial score (nSPS) is 11.1. The van der Waals surface area contributed by atoms with Gasteiger partial charge >= 0.3 is 5.97 Å². The number of carboxylic acids is 1. The third-order valence-corrected chi connectivity index (χ3v) is 2.46. The summed E-state index contributed by atoms with van der Waals surface area (Å²) in [5.74, 6) is 0.0996. The zero-order valence-corrected chi connectivity index (χ0v) is 10.8. The molecule has 0 radical (unpaired) electrons. The van der Waals surface area contributed by atoms with Crippen LogP contribution in [0.1, 0.15) is 5.56 Å². The van der Waals surface area contributed by atoms with Crippen LogP contribution in [0.3, 0.4) is 0 Å². The van der Waals surface area contributed by atoms with E-state index in [1.165, 1.54) is 20.3 Å². The van der Waals surface area contributed by atoms with E-state index in [2.05, 4.69) is 0 Å². The van der Waals surface area contributed by atoms with E-state index in [-0.39, 0.29) is 0 Å². The monoisotopic (exact) mass is 268 g/mol. The van der Waals surface area contributed by atoms with Crippen molar-refractivity contribution in [3.63, 3.8) is 0 Å². The Labute approximate surface area is 110 Å². The molecule has 0 unspecified atom stereocenters. The fourth-order valence-corrected chi connectivity index (χ4v) is 1.51. The van der Waals surface area contributed by atoms with Gasteiger partial charge in [-0.25, -0.2) is 4.79 Å². The maximum absolute atomic E-state index is 10.3. The summed E-state index contributed by atoms with van der Waals surface area (Å²) < 4.78 is 10.3. The number of methoxy groups -OCH3 is 2. The minimum atomic E-state index is -1.00. The van der Waals surface area contributed by atoms with Crippen molar-refractivity contribution in [3.05, 3.63) is 40.9 Å². The third kappa shape index (κ3) is 3.82. The SMILES string of the molecule is COc1cc(Cl)c(C=CC=CC(=O)O)cc1OC. The van der Waals surface area contributed by atoms with Crippen molar-refractivity contribution in [1.82, 2.24) is 0 Å². The Bertz CT molecular complexity index is 492. The van der Waals surface area contributed by atoms with E-state index in [9.17, 15) is 4.79 Å². The molecule has 0 aliphatic heterocycles. The fourth-order valence-electron chi connectivity index (χ4n) is 1.29. The third-order valence-electron chi connectivity index (χ3n) is 2.13. The van der Waals surface area contributed by atoms with Gasteiger partial charge in [0.15, 0.2) is 11.5 Å². The second kappa shape index (κ2) is 6.71. The molecule has 1 N–H and O–H groups in total. The van der Waals surface area contributed by atoms with E-state index in [0.29, 0.717) is 22.1 Å². The van der Waals surface area contributed by atoms with Gasteiger partial charge in [0.2, 0.25) is 0 Å². The Morgan fingerprint density at radius 2 is 1.83 bits per heavy atom. The summed E-state index contributed by atoms with van der Waals surface area (Å²) in [5.41, 5.74) is 0.712. The first-order valence-corrected chi connectivity index (χ1v) is 5.45. The highest BCUT2D eigenvalue weighted by Crippen LogP contribution is 2.33. The molecule has 0 amide bonds. The summed E-state index contributed by atoms with van der Waals surface area (Å²) in [6.45, 7) is 0. The lowest BCUT2D eigenvalue weighted by Gasteiger charge is -2.09. The van der Waals surface area contributed by atoms with Crippen molar-refractivity contribution in [3.8, 4) is 11.5 Å². The average molecular weight is 269 g/mol. The van der Waals surface area contributed by atoms with Crippen LogP contribution in [-0.4, -0.2) is 25.3 Å². The number of carboxylic acid groups (broad SMARTS) is 1. The Hall–Kier alpha value is -1.94. The van der Waals surface area contributed by atoms with Crippen molar-refractivity contribution in [2.75, 3.05) is 14.2 Å². The minimum absolute atomic E-state index is 0.493. The zero-order chi connectivity index (χ0) is 13.5. The molecule has 0 spiro atoms. The van der Waals surface area contributed by atoms with Gasteiger partial charge in [0.05, 0.1) is 19.2 Å². The summed E-state index contributed by atoms with van der Waals surface area (Å²) in [6.07, 6.45) is 5.71. The van der Waals surface area contributed by atoms with E-state index in [1.807, 2.05) is 0 Å². The van der Waals surface area contributed by atoms with Crippen LogP contribution in [0.4, 0.5) is 0 Å². The number of benzene rings is 1. The molecule has 96 valence electrons. The summed E-state index contributed by atoms with van der Waals surface area (Å²) in [4.78, 5) is 10.3.